The van der Waals surface area contributed by atoms with Crippen molar-refractivity contribution in [2.75, 3.05) is 11.9 Å². The van der Waals surface area contributed by atoms with Gasteiger partial charge in [-0.2, -0.15) is 0 Å². The van der Waals surface area contributed by atoms with Crippen molar-refractivity contribution in [2.45, 2.75) is 19.7 Å². The Morgan fingerprint density at radius 3 is 2.55 bits per heavy atom. The topological polar surface area (TPSA) is 34.2 Å². The number of ether oxygens (including phenoxy) is 1. The van der Waals surface area contributed by atoms with E-state index in [2.05, 4.69) is 22.0 Å². The van der Waals surface area contributed by atoms with Crippen LogP contribution in [0, 0.1) is 0 Å². The predicted octanol–water partition coefficient (Wildman–Crippen LogP) is 4.53. The summed E-state index contributed by atoms with van der Waals surface area (Å²) in [6.45, 7) is 2.90. The molecule has 7 heteroatoms. The monoisotopic (exact) mass is 302 g/mol. The van der Waals surface area contributed by atoms with Gasteiger partial charge in [-0.3, -0.25) is 0 Å². The number of rotatable bonds is 5. The van der Waals surface area contributed by atoms with Gasteiger partial charge in [0.15, 0.2) is 5.13 Å². The molecule has 108 valence electrons. The fourth-order valence-electron chi connectivity index (χ4n) is 1.54. The fraction of sp³-hybridized carbons (Fsp3) is 0.308. The van der Waals surface area contributed by atoms with Crippen molar-refractivity contribution >= 4 is 16.5 Å². The molecule has 2 aromatic rings. The Kier molecular flexibility index (Phi) is 4.49. The van der Waals surface area contributed by atoms with Gasteiger partial charge in [0.05, 0.1) is 4.88 Å². The van der Waals surface area contributed by atoms with Gasteiger partial charge in [-0.15, -0.1) is 13.2 Å². The first-order valence-electron chi connectivity index (χ1n) is 6.04. The molecule has 0 fully saturated rings. The summed E-state index contributed by atoms with van der Waals surface area (Å²) in [7, 11) is 0. The normalized spacial score (nSPS) is 11.4. The molecule has 0 atom stereocenters. The molecular weight excluding hydrogens is 289 g/mol. The van der Waals surface area contributed by atoms with Crippen molar-refractivity contribution in [1.82, 2.24) is 4.98 Å². The highest BCUT2D eigenvalue weighted by atomic mass is 32.1. The molecule has 0 aliphatic rings. The lowest BCUT2D eigenvalue weighted by Gasteiger charge is -2.08. The van der Waals surface area contributed by atoms with Crippen LogP contribution in [0.1, 0.15) is 13.3 Å². The maximum absolute atomic E-state index is 12.0. The maximum Gasteiger partial charge on any atom is 0.573 e. The minimum absolute atomic E-state index is 0.227. The number of alkyl halides is 3. The van der Waals surface area contributed by atoms with Gasteiger partial charge in [0, 0.05) is 12.7 Å². The molecule has 3 nitrogen and oxygen atoms in total. The van der Waals surface area contributed by atoms with E-state index >= 15 is 0 Å². The Labute approximate surface area is 118 Å². The van der Waals surface area contributed by atoms with Crippen molar-refractivity contribution in [3.63, 3.8) is 0 Å². The number of nitrogens with one attached hydrogen (secondary N) is 1. The molecule has 20 heavy (non-hydrogen) atoms. The van der Waals surface area contributed by atoms with Gasteiger partial charge in [-0.05, 0) is 36.2 Å². The lowest BCUT2D eigenvalue weighted by Crippen LogP contribution is -2.16. The molecule has 0 amide bonds. The molecular formula is C13H13F3N2OS. The SMILES string of the molecule is CCCNc1ncc(-c2ccc(OC(F)(F)F)cc2)s1. The lowest BCUT2D eigenvalue weighted by atomic mass is 10.2. The second kappa shape index (κ2) is 6.13. The third-order valence-electron chi connectivity index (χ3n) is 2.40. The standard InChI is InChI=1S/C13H13F3N2OS/c1-2-7-17-12-18-8-11(20-12)9-3-5-10(6-4-9)19-13(14,15)16/h3-6,8H,2,7H2,1H3,(H,17,18). The summed E-state index contributed by atoms with van der Waals surface area (Å²) in [4.78, 5) is 5.10. The number of halogens is 3. The largest absolute Gasteiger partial charge is 0.573 e. The molecule has 2 rings (SSSR count). The van der Waals surface area contributed by atoms with Crippen molar-refractivity contribution in [3.8, 4) is 16.2 Å². The zero-order chi connectivity index (χ0) is 14.6. The lowest BCUT2D eigenvalue weighted by molar-refractivity contribution is -0.274. The van der Waals surface area contributed by atoms with Crippen molar-refractivity contribution in [3.05, 3.63) is 30.5 Å². The number of hydrogen-bond donors (Lipinski definition) is 1. The van der Waals surface area contributed by atoms with Crippen LogP contribution in [0.15, 0.2) is 30.5 Å². The second-order valence-corrected chi connectivity index (χ2v) is 5.06. The maximum atomic E-state index is 12.0. The molecule has 0 bridgehead atoms. The van der Waals surface area contributed by atoms with E-state index in [-0.39, 0.29) is 5.75 Å². The number of hydrogen-bond acceptors (Lipinski definition) is 4. The van der Waals surface area contributed by atoms with Gasteiger partial charge < -0.3 is 10.1 Å². The van der Waals surface area contributed by atoms with Crippen molar-refractivity contribution in [1.29, 1.82) is 0 Å². The smallest absolute Gasteiger partial charge is 0.406 e. The minimum Gasteiger partial charge on any atom is -0.406 e. The van der Waals surface area contributed by atoms with Crippen molar-refractivity contribution in [2.24, 2.45) is 0 Å². The van der Waals surface area contributed by atoms with Crippen molar-refractivity contribution < 1.29 is 17.9 Å². The average Bonchev–Trinajstić information content (AvgIpc) is 2.84. The molecule has 0 aliphatic heterocycles. The predicted molar refractivity (Wildman–Crippen MR) is 73.0 cm³/mol. The van der Waals surface area contributed by atoms with Crippen LogP contribution in [0.3, 0.4) is 0 Å². The zero-order valence-electron chi connectivity index (χ0n) is 10.7. The van der Waals surface area contributed by atoms with Crippen LogP contribution in [0.4, 0.5) is 18.3 Å². The molecule has 0 radical (unpaired) electrons. The van der Waals surface area contributed by atoms with E-state index in [4.69, 9.17) is 0 Å². The summed E-state index contributed by atoms with van der Waals surface area (Å²) in [5, 5.41) is 3.96. The highest BCUT2D eigenvalue weighted by molar-refractivity contribution is 7.18. The van der Waals surface area contributed by atoms with Crippen LogP contribution in [-0.2, 0) is 0 Å². The zero-order valence-corrected chi connectivity index (χ0v) is 11.5. The van der Waals surface area contributed by atoms with E-state index in [1.165, 1.54) is 23.5 Å². The molecule has 1 aromatic heterocycles. The molecule has 0 saturated heterocycles. The summed E-state index contributed by atoms with van der Waals surface area (Å²) >= 11 is 1.46. The number of nitrogens with zero attached hydrogens (tertiary/aromatic N) is 1. The highest BCUT2D eigenvalue weighted by Gasteiger charge is 2.30. The third-order valence-corrected chi connectivity index (χ3v) is 3.41. The van der Waals surface area contributed by atoms with E-state index in [0.717, 1.165) is 28.5 Å². The molecule has 1 heterocycles. The van der Waals surface area contributed by atoms with E-state index in [1.807, 2.05) is 0 Å². The Hall–Kier alpha value is -1.76. The summed E-state index contributed by atoms with van der Waals surface area (Å²) in [6, 6.07) is 5.75. The van der Waals surface area contributed by atoms with Crippen LogP contribution >= 0.6 is 11.3 Å². The minimum atomic E-state index is -4.66. The third kappa shape index (κ3) is 4.12. The first-order valence-corrected chi connectivity index (χ1v) is 6.85. The van der Waals surface area contributed by atoms with Crippen LogP contribution in [-0.4, -0.2) is 17.9 Å². The fourth-order valence-corrected chi connectivity index (χ4v) is 2.39. The average molecular weight is 302 g/mol. The number of thiazole rings is 1. The molecule has 0 spiro atoms. The summed E-state index contributed by atoms with van der Waals surface area (Å²) in [5.41, 5.74) is 0.807. The van der Waals surface area contributed by atoms with Crippen LogP contribution in [0.25, 0.3) is 10.4 Å². The van der Waals surface area contributed by atoms with E-state index in [0.29, 0.717) is 0 Å². The van der Waals surface area contributed by atoms with E-state index in [1.54, 1.807) is 18.3 Å². The van der Waals surface area contributed by atoms with E-state index < -0.39 is 6.36 Å². The Morgan fingerprint density at radius 2 is 1.95 bits per heavy atom. The van der Waals surface area contributed by atoms with Gasteiger partial charge >= 0.3 is 6.36 Å². The molecule has 1 aromatic carbocycles. The van der Waals surface area contributed by atoms with Crippen LogP contribution in [0.5, 0.6) is 5.75 Å². The van der Waals surface area contributed by atoms with E-state index in [9.17, 15) is 13.2 Å². The second-order valence-electron chi connectivity index (χ2n) is 4.03. The first kappa shape index (κ1) is 14.6. The summed E-state index contributed by atoms with van der Waals surface area (Å²) in [5.74, 6) is -0.227. The molecule has 1 N–H and O–H groups in total. The van der Waals surface area contributed by atoms with Gasteiger partial charge in [0.25, 0.3) is 0 Å². The Bertz CT molecular complexity index is 551. The van der Waals surface area contributed by atoms with Gasteiger partial charge in [0.2, 0.25) is 0 Å². The molecule has 0 aliphatic carbocycles. The quantitative estimate of drug-likeness (QED) is 0.881. The summed E-state index contributed by atoms with van der Waals surface area (Å²) in [6.07, 6.45) is -1.97. The van der Waals surface area contributed by atoms with Crippen LogP contribution in [0.2, 0.25) is 0 Å². The van der Waals surface area contributed by atoms with Gasteiger partial charge in [-0.1, -0.05) is 18.3 Å². The number of anilines is 1. The number of benzene rings is 1. The van der Waals surface area contributed by atoms with Gasteiger partial charge in [-0.25, -0.2) is 4.98 Å². The molecule has 0 saturated carbocycles. The summed E-state index contributed by atoms with van der Waals surface area (Å²) < 4.78 is 40.0. The molecule has 0 unspecified atom stereocenters. The number of aromatic nitrogens is 1. The Morgan fingerprint density at radius 1 is 1.25 bits per heavy atom. The van der Waals surface area contributed by atoms with Gasteiger partial charge in [0.1, 0.15) is 5.75 Å². The highest BCUT2D eigenvalue weighted by Crippen LogP contribution is 2.31. The first-order chi connectivity index (χ1) is 9.48. The van der Waals surface area contributed by atoms with Crippen LogP contribution < -0.4 is 10.1 Å². The Balaban J connectivity index is 2.07.